The number of hydrogen-bond donors (Lipinski definition) is 2. The molecule has 6 nitrogen and oxygen atoms in total. The molecule has 0 atom stereocenters. The van der Waals surface area contributed by atoms with Gasteiger partial charge in [0.15, 0.2) is 5.96 Å². The fourth-order valence-corrected chi connectivity index (χ4v) is 3.59. The van der Waals surface area contributed by atoms with E-state index in [1.807, 2.05) is 11.8 Å². The predicted octanol–water partition coefficient (Wildman–Crippen LogP) is 1.21. The van der Waals surface area contributed by atoms with Gasteiger partial charge in [0.2, 0.25) is 0 Å². The molecule has 2 heterocycles. The van der Waals surface area contributed by atoms with Crippen LogP contribution in [0.5, 0.6) is 0 Å². The SMILES string of the molecule is CN=C(NCCNC(=O)c1cccnc1)N1CCSC(C)(C)C1. The van der Waals surface area contributed by atoms with Crippen LogP contribution in [0.4, 0.5) is 0 Å². The molecule has 0 radical (unpaired) electrons. The van der Waals surface area contributed by atoms with Gasteiger partial charge in [-0.3, -0.25) is 14.8 Å². The highest BCUT2D eigenvalue weighted by Gasteiger charge is 2.28. The van der Waals surface area contributed by atoms with E-state index in [1.54, 1.807) is 31.6 Å². The van der Waals surface area contributed by atoms with Crippen LogP contribution < -0.4 is 10.6 Å². The van der Waals surface area contributed by atoms with Gasteiger partial charge in [0.05, 0.1) is 5.56 Å². The Morgan fingerprint density at radius 3 is 2.87 bits per heavy atom. The maximum absolute atomic E-state index is 11.9. The summed E-state index contributed by atoms with van der Waals surface area (Å²) in [5.41, 5.74) is 0.576. The quantitative estimate of drug-likeness (QED) is 0.492. The van der Waals surface area contributed by atoms with E-state index < -0.39 is 0 Å². The lowest BCUT2D eigenvalue weighted by Crippen LogP contribution is -2.51. The van der Waals surface area contributed by atoms with Crippen molar-refractivity contribution in [1.82, 2.24) is 20.5 Å². The van der Waals surface area contributed by atoms with Crippen molar-refractivity contribution >= 4 is 23.6 Å². The highest BCUT2D eigenvalue weighted by molar-refractivity contribution is 8.00. The molecule has 1 aromatic rings. The fourth-order valence-electron chi connectivity index (χ4n) is 2.48. The van der Waals surface area contributed by atoms with Crippen LogP contribution in [0.25, 0.3) is 0 Å². The van der Waals surface area contributed by atoms with Crippen LogP contribution in [-0.4, -0.2) is 65.5 Å². The van der Waals surface area contributed by atoms with Crippen LogP contribution in [0.15, 0.2) is 29.5 Å². The molecule has 0 spiro atoms. The van der Waals surface area contributed by atoms with Gasteiger partial charge in [-0.25, -0.2) is 0 Å². The Balaban J connectivity index is 1.75. The molecule has 1 aromatic heterocycles. The number of carbonyl (C=O) groups is 1. The van der Waals surface area contributed by atoms with E-state index in [1.165, 1.54) is 0 Å². The van der Waals surface area contributed by atoms with Gasteiger partial charge in [-0.05, 0) is 26.0 Å². The van der Waals surface area contributed by atoms with Crippen molar-refractivity contribution in [2.75, 3.05) is 39.0 Å². The van der Waals surface area contributed by atoms with Crippen molar-refractivity contribution < 1.29 is 4.79 Å². The lowest BCUT2D eigenvalue weighted by atomic mass is 10.2. The highest BCUT2D eigenvalue weighted by Crippen LogP contribution is 2.29. The minimum atomic E-state index is -0.106. The Labute approximate surface area is 142 Å². The summed E-state index contributed by atoms with van der Waals surface area (Å²) in [6.07, 6.45) is 3.22. The van der Waals surface area contributed by atoms with Crippen molar-refractivity contribution in [3.8, 4) is 0 Å². The van der Waals surface area contributed by atoms with E-state index in [0.29, 0.717) is 18.7 Å². The summed E-state index contributed by atoms with van der Waals surface area (Å²) in [6, 6.07) is 3.51. The second kappa shape index (κ2) is 8.19. The normalized spacial score (nSPS) is 17.7. The maximum atomic E-state index is 11.9. The lowest BCUT2D eigenvalue weighted by molar-refractivity contribution is 0.0954. The van der Waals surface area contributed by atoms with Crippen LogP contribution in [0.3, 0.4) is 0 Å². The van der Waals surface area contributed by atoms with Crippen molar-refractivity contribution in [3.05, 3.63) is 30.1 Å². The molecular formula is C16H25N5OS. The smallest absolute Gasteiger partial charge is 0.252 e. The summed E-state index contributed by atoms with van der Waals surface area (Å²) < 4.78 is 0.240. The monoisotopic (exact) mass is 335 g/mol. The zero-order chi connectivity index (χ0) is 16.7. The topological polar surface area (TPSA) is 69.6 Å². The molecule has 0 aliphatic carbocycles. The number of nitrogens with one attached hydrogen (secondary N) is 2. The summed E-state index contributed by atoms with van der Waals surface area (Å²) in [6.45, 7) is 7.66. The van der Waals surface area contributed by atoms with Crippen LogP contribution in [0, 0.1) is 0 Å². The zero-order valence-corrected chi connectivity index (χ0v) is 14.8. The van der Waals surface area contributed by atoms with E-state index in [-0.39, 0.29) is 10.7 Å². The molecule has 2 N–H and O–H groups in total. The molecule has 1 fully saturated rings. The van der Waals surface area contributed by atoms with Crippen molar-refractivity contribution in [2.24, 2.45) is 4.99 Å². The van der Waals surface area contributed by atoms with Gasteiger partial charge in [-0.1, -0.05) is 0 Å². The van der Waals surface area contributed by atoms with E-state index in [0.717, 1.165) is 24.8 Å². The molecule has 1 saturated heterocycles. The molecule has 0 unspecified atom stereocenters. The third-order valence-electron chi connectivity index (χ3n) is 3.55. The number of amides is 1. The number of guanidine groups is 1. The first kappa shape index (κ1) is 17.6. The summed E-state index contributed by atoms with van der Waals surface area (Å²) in [5.74, 6) is 1.89. The number of aliphatic imine (C=N–C) groups is 1. The molecule has 7 heteroatoms. The molecule has 126 valence electrons. The van der Waals surface area contributed by atoms with Crippen molar-refractivity contribution in [1.29, 1.82) is 0 Å². The number of nitrogens with zero attached hydrogens (tertiary/aromatic N) is 3. The zero-order valence-electron chi connectivity index (χ0n) is 14.0. The molecule has 0 aromatic carbocycles. The second-order valence-corrected chi connectivity index (χ2v) is 7.80. The summed E-state index contributed by atoms with van der Waals surface area (Å²) in [7, 11) is 1.80. The van der Waals surface area contributed by atoms with Gasteiger partial charge in [0.1, 0.15) is 0 Å². The maximum Gasteiger partial charge on any atom is 0.252 e. The van der Waals surface area contributed by atoms with Crippen molar-refractivity contribution in [3.63, 3.8) is 0 Å². The second-order valence-electron chi connectivity index (χ2n) is 6.00. The molecular weight excluding hydrogens is 310 g/mol. The van der Waals surface area contributed by atoms with E-state index in [9.17, 15) is 4.79 Å². The van der Waals surface area contributed by atoms with Crippen LogP contribution in [-0.2, 0) is 0 Å². The van der Waals surface area contributed by atoms with Gasteiger partial charge >= 0.3 is 0 Å². The average molecular weight is 335 g/mol. The summed E-state index contributed by atoms with van der Waals surface area (Å²) >= 11 is 1.99. The first-order chi connectivity index (χ1) is 11.0. The minimum absolute atomic E-state index is 0.106. The molecule has 0 bridgehead atoms. The van der Waals surface area contributed by atoms with E-state index in [4.69, 9.17) is 0 Å². The van der Waals surface area contributed by atoms with Crippen LogP contribution >= 0.6 is 11.8 Å². The number of carbonyl (C=O) groups excluding carboxylic acids is 1. The Hall–Kier alpha value is -1.76. The minimum Gasteiger partial charge on any atom is -0.354 e. The van der Waals surface area contributed by atoms with Crippen molar-refractivity contribution in [2.45, 2.75) is 18.6 Å². The molecule has 23 heavy (non-hydrogen) atoms. The summed E-state index contributed by atoms with van der Waals surface area (Å²) in [4.78, 5) is 22.5. The van der Waals surface area contributed by atoms with Gasteiger partial charge in [0.25, 0.3) is 5.91 Å². The number of aromatic nitrogens is 1. The van der Waals surface area contributed by atoms with Crippen LogP contribution in [0.2, 0.25) is 0 Å². The molecule has 1 aliphatic rings. The molecule has 1 aliphatic heterocycles. The predicted molar refractivity (Wildman–Crippen MR) is 96.0 cm³/mol. The Morgan fingerprint density at radius 1 is 1.43 bits per heavy atom. The third kappa shape index (κ3) is 5.42. The Kier molecular flexibility index (Phi) is 6.27. The third-order valence-corrected chi connectivity index (χ3v) is 4.85. The number of pyridine rings is 1. The highest BCUT2D eigenvalue weighted by atomic mass is 32.2. The average Bonchev–Trinajstić information content (AvgIpc) is 2.54. The lowest BCUT2D eigenvalue weighted by Gasteiger charge is -2.39. The fraction of sp³-hybridized carbons (Fsp3) is 0.562. The largest absolute Gasteiger partial charge is 0.354 e. The van der Waals surface area contributed by atoms with Gasteiger partial charge in [-0.15, -0.1) is 0 Å². The molecule has 2 rings (SSSR count). The van der Waals surface area contributed by atoms with E-state index >= 15 is 0 Å². The first-order valence-electron chi connectivity index (χ1n) is 7.79. The first-order valence-corrected chi connectivity index (χ1v) is 8.78. The Morgan fingerprint density at radius 2 is 2.22 bits per heavy atom. The number of rotatable bonds is 4. The molecule has 1 amide bonds. The van der Waals surface area contributed by atoms with E-state index in [2.05, 4.69) is 39.4 Å². The summed E-state index contributed by atoms with van der Waals surface area (Å²) in [5, 5.41) is 6.20. The van der Waals surface area contributed by atoms with Crippen LogP contribution in [0.1, 0.15) is 24.2 Å². The van der Waals surface area contributed by atoms with Gasteiger partial charge in [-0.2, -0.15) is 11.8 Å². The van der Waals surface area contributed by atoms with Gasteiger partial charge < -0.3 is 15.5 Å². The number of thioether (sulfide) groups is 1. The number of hydrogen-bond acceptors (Lipinski definition) is 4. The molecule has 0 saturated carbocycles. The Bertz CT molecular complexity index is 547. The van der Waals surface area contributed by atoms with Gasteiger partial charge in [0, 0.05) is 56.1 Å². The standard InChI is InChI=1S/C16H25N5OS/c1-16(2)12-21(9-10-23-16)15(17-3)20-8-7-19-14(22)13-5-4-6-18-11-13/h4-6,11H,7-10,12H2,1-3H3,(H,17,20)(H,19,22).